The summed E-state index contributed by atoms with van der Waals surface area (Å²) in [5, 5.41) is 5.84. The molecule has 0 bridgehead atoms. The summed E-state index contributed by atoms with van der Waals surface area (Å²) < 4.78 is 1.27. The molecule has 1 atom stereocenters. The average Bonchev–Trinajstić information content (AvgIpc) is 3.00. The molecular weight excluding hydrogens is 306 g/mol. The van der Waals surface area contributed by atoms with E-state index in [1.54, 1.807) is 0 Å². The van der Waals surface area contributed by atoms with Gasteiger partial charge in [-0.05, 0) is 47.9 Å². The van der Waals surface area contributed by atoms with E-state index in [9.17, 15) is 0 Å². The van der Waals surface area contributed by atoms with Crippen LogP contribution in [0.25, 0.3) is 0 Å². The number of halogens is 1. The third-order valence-corrected chi connectivity index (χ3v) is 5.23. The highest BCUT2D eigenvalue weighted by atomic mass is 79.9. The predicted octanol–water partition coefficient (Wildman–Crippen LogP) is 4.33. The fraction of sp³-hybridized carbons (Fsp3) is 0.333. The smallest absolute Gasteiger partial charge is 0.0326 e. The Kier molecular flexibility index (Phi) is 3.83. The Morgan fingerprint density at radius 3 is 3.06 bits per heavy atom. The Labute approximate surface area is 120 Å². The van der Waals surface area contributed by atoms with E-state index in [1.807, 2.05) is 11.3 Å². The molecule has 1 unspecified atom stereocenters. The zero-order valence-electron chi connectivity index (χ0n) is 10.2. The van der Waals surface area contributed by atoms with E-state index >= 15 is 0 Å². The molecule has 1 nitrogen and oxygen atoms in total. The van der Waals surface area contributed by atoms with Crippen LogP contribution in [0.1, 0.15) is 28.5 Å². The minimum atomic E-state index is 0.539. The van der Waals surface area contributed by atoms with Gasteiger partial charge in [0.05, 0.1) is 0 Å². The van der Waals surface area contributed by atoms with Gasteiger partial charge in [-0.1, -0.05) is 34.1 Å². The van der Waals surface area contributed by atoms with E-state index < -0.39 is 0 Å². The van der Waals surface area contributed by atoms with Crippen LogP contribution >= 0.6 is 27.3 Å². The van der Waals surface area contributed by atoms with Gasteiger partial charge in [-0.3, -0.25) is 0 Å². The van der Waals surface area contributed by atoms with Crippen molar-refractivity contribution >= 4 is 27.3 Å². The molecule has 1 aliphatic carbocycles. The molecule has 0 amide bonds. The highest BCUT2D eigenvalue weighted by Crippen LogP contribution is 2.35. The van der Waals surface area contributed by atoms with E-state index in [1.165, 1.54) is 33.3 Å². The topological polar surface area (TPSA) is 12.0 Å². The van der Waals surface area contributed by atoms with Crippen LogP contribution in [0.2, 0.25) is 0 Å². The van der Waals surface area contributed by atoms with Crippen molar-refractivity contribution in [1.82, 2.24) is 5.32 Å². The number of rotatable bonds is 4. The molecule has 18 heavy (non-hydrogen) atoms. The van der Waals surface area contributed by atoms with Gasteiger partial charge in [0.25, 0.3) is 0 Å². The van der Waals surface area contributed by atoms with Crippen LogP contribution in [0, 0.1) is 0 Å². The maximum absolute atomic E-state index is 3.69. The average molecular weight is 322 g/mol. The molecule has 1 aliphatic rings. The zero-order chi connectivity index (χ0) is 12.4. The Balaban J connectivity index is 1.61. The van der Waals surface area contributed by atoms with Crippen molar-refractivity contribution in [2.24, 2.45) is 0 Å². The summed E-state index contributed by atoms with van der Waals surface area (Å²) in [5.41, 5.74) is 2.97. The van der Waals surface area contributed by atoms with Crippen molar-refractivity contribution in [2.45, 2.75) is 25.3 Å². The van der Waals surface area contributed by atoms with E-state index in [0.717, 1.165) is 13.0 Å². The maximum Gasteiger partial charge on any atom is 0.0326 e. The molecule has 1 N–H and O–H groups in total. The summed E-state index contributed by atoms with van der Waals surface area (Å²) in [7, 11) is 0. The van der Waals surface area contributed by atoms with Gasteiger partial charge in [-0.15, -0.1) is 11.3 Å². The van der Waals surface area contributed by atoms with Gasteiger partial charge in [-0.25, -0.2) is 0 Å². The third kappa shape index (κ3) is 2.53. The van der Waals surface area contributed by atoms with Crippen LogP contribution in [-0.4, -0.2) is 6.54 Å². The van der Waals surface area contributed by atoms with Gasteiger partial charge in [0.2, 0.25) is 0 Å². The SMILES string of the molecule is Brc1cccc2c1CCC2NCCc1cccs1. The Morgan fingerprint density at radius 1 is 1.28 bits per heavy atom. The second-order valence-corrected chi connectivity index (χ2v) is 6.57. The van der Waals surface area contributed by atoms with E-state index in [4.69, 9.17) is 0 Å². The molecule has 0 aliphatic heterocycles. The monoisotopic (exact) mass is 321 g/mol. The van der Waals surface area contributed by atoms with Crippen LogP contribution in [0.5, 0.6) is 0 Å². The Hall–Kier alpha value is -0.640. The first-order chi connectivity index (χ1) is 8.84. The second-order valence-electron chi connectivity index (χ2n) is 4.68. The van der Waals surface area contributed by atoms with Gasteiger partial charge in [0, 0.05) is 21.9 Å². The Morgan fingerprint density at radius 2 is 2.22 bits per heavy atom. The number of hydrogen-bond donors (Lipinski definition) is 1. The lowest BCUT2D eigenvalue weighted by Gasteiger charge is -2.13. The third-order valence-electron chi connectivity index (χ3n) is 3.56. The molecule has 3 heteroatoms. The summed E-state index contributed by atoms with van der Waals surface area (Å²) in [6.45, 7) is 1.07. The zero-order valence-corrected chi connectivity index (χ0v) is 12.6. The number of benzene rings is 1. The van der Waals surface area contributed by atoms with Gasteiger partial charge in [-0.2, -0.15) is 0 Å². The summed E-state index contributed by atoms with van der Waals surface area (Å²) in [4.78, 5) is 1.47. The molecule has 0 radical (unpaired) electrons. The first-order valence-electron chi connectivity index (χ1n) is 6.37. The van der Waals surface area contributed by atoms with E-state index in [0.29, 0.717) is 6.04 Å². The number of nitrogens with one attached hydrogen (secondary N) is 1. The van der Waals surface area contributed by atoms with Crippen LogP contribution < -0.4 is 5.32 Å². The van der Waals surface area contributed by atoms with Crippen LogP contribution in [0.4, 0.5) is 0 Å². The van der Waals surface area contributed by atoms with Crippen molar-refractivity contribution in [2.75, 3.05) is 6.54 Å². The highest BCUT2D eigenvalue weighted by Gasteiger charge is 2.23. The molecule has 1 aromatic heterocycles. The maximum atomic E-state index is 3.69. The highest BCUT2D eigenvalue weighted by molar-refractivity contribution is 9.10. The van der Waals surface area contributed by atoms with Gasteiger partial charge >= 0.3 is 0 Å². The normalized spacial score (nSPS) is 17.9. The molecule has 3 rings (SSSR count). The first-order valence-corrected chi connectivity index (χ1v) is 8.05. The predicted molar refractivity (Wildman–Crippen MR) is 81.2 cm³/mol. The lowest BCUT2D eigenvalue weighted by atomic mass is 10.1. The summed E-state index contributed by atoms with van der Waals surface area (Å²) in [6.07, 6.45) is 3.55. The summed E-state index contributed by atoms with van der Waals surface area (Å²) in [5.74, 6) is 0. The van der Waals surface area contributed by atoms with Crippen LogP contribution in [0.15, 0.2) is 40.2 Å². The molecule has 0 fully saturated rings. The minimum absolute atomic E-state index is 0.539. The molecular formula is C15H16BrNS. The van der Waals surface area contributed by atoms with Gasteiger partial charge in [0.1, 0.15) is 0 Å². The van der Waals surface area contributed by atoms with Crippen LogP contribution in [0.3, 0.4) is 0 Å². The van der Waals surface area contributed by atoms with Gasteiger partial charge in [0.15, 0.2) is 0 Å². The summed E-state index contributed by atoms with van der Waals surface area (Å²) >= 11 is 5.49. The largest absolute Gasteiger partial charge is 0.310 e. The molecule has 1 aromatic carbocycles. The lowest BCUT2D eigenvalue weighted by Crippen LogP contribution is -2.21. The van der Waals surface area contributed by atoms with Gasteiger partial charge < -0.3 is 5.32 Å². The fourth-order valence-electron chi connectivity index (χ4n) is 2.65. The molecule has 0 saturated carbocycles. The van der Waals surface area contributed by atoms with Crippen molar-refractivity contribution in [3.63, 3.8) is 0 Å². The minimum Gasteiger partial charge on any atom is -0.310 e. The molecule has 2 aromatic rings. The number of fused-ring (bicyclic) bond motifs is 1. The van der Waals surface area contributed by atoms with Crippen molar-refractivity contribution in [3.05, 3.63) is 56.2 Å². The fourth-order valence-corrected chi connectivity index (χ4v) is 3.93. The summed E-state index contributed by atoms with van der Waals surface area (Å²) in [6, 6.07) is 11.4. The lowest BCUT2D eigenvalue weighted by molar-refractivity contribution is 0.535. The van der Waals surface area contributed by atoms with E-state index in [-0.39, 0.29) is 0 Å². The van der Waals surface area contributed by atoms with Crippen LogP contribution in [-0.2, 0) is 12.8 Å². The Bertz CT molecular complexity index is 521. The van der Waals surface area contributed by atoms with Crippen molar-refractivity contribution < 1.29 is 0 Å². The molecule has 0 spiro atoms. The standard InChI is InChI=1S/C15H16BrNS/c16-14-5-1-4-13-12(14)6-7-15(13)17-9-8-11-3-2-10-18-11/h1-5,10,15,17H,6-9H2. The number of thiophene rings is 1. The quantitative estimate of drug-likeness (QED) is 0.883. The second kappa shape index (κ2) is 5.55. The molecule has 0 saturated heterocycles. The van der Waals surface area contributed by atoms with Crippen molar-refractivity contribution in [1.29, 1.82) is 0 Å². The molecule has 1 heterocycles. The first kappa shape index (κ1) is 12.4. The van der Waals surface area contributed by atoms with E-state index in [2.05, 4.69) is 57.0 Å². The number of hydrogen-bond acceptors (Lipinski definition) is 2. The van der Waals surface area contributed by atoms with Crippen molar-refractivity contribution in [3.8, 4) is 0 Å². The molecule has 94 valence electrons.